The minimum atomic E-state index is -0.803. The minimum absolute atomic E-state index is 0.116. The van der Waals surface area contributed by atoms with E-state index in [1.807, 2.05) is 26.8 Å². The van der Waals surface area contributed by atoms with Crippen LogP contribution in [0.1, 0.15) is 57.8 Å². The number of fused-ring (bicyclic) bond motifs is 1. The summed E-state index contributed by atoms with van der Waals surface area (Å²) in [7, 11) is 0. The number of rotatable bonds is 10. The van der Waals surface area contributed by atoms with E-state index in [2.05, 4.69) is 19.9 Å². The van der Waals surface area contributed by atoms with Gasteiger partial charge in [-0.1, -0.05) is 41.5 Å². The van der Waals surface area contributed by atoms with Crippen LogP contribution in [0, 0.1) is 0 Å². The minimum Gasteiger partial charge on any atom is -0.490 e. The number of hydrogen-bond donors (Lipinski definition) is 0. The molecule has 184 valence electrons. The van der Waals surface area contributed by atoms with Gasteiger partial charge in [0.05, 0.1) is 11.7 Å². The second-order valence-corrected chi connectivity index (χ2v) is 8.78. The zero-order valence-electron chi connectivity index (χ0n) is 20.9. The zero-order chi connectivity index (χ0) is 25.4. The lowest BCUT2D eigenvalue weighted by atomic mass is 10.1. The summed E-state index contributed by atoms with van der Waals surface area (Å²) < 4.78 is 23.0. The highest BCUT2D eigenvalue weighted by atomic mass is 16.6. The quantitative estimate of drug-likeness (QED) is 0.181. The summed E-state index contributed by atoms with van der Waals surface area (Å²) in [6.07, 6.45) is 5.84. The van der Waals surface area contributed by atoms with Gasteiger partial charge in [0, 0.05) is 0 Å². The lowest BCUT2D eigenvalue weighted by molar-refractivity contribution is 0.0722. The third-order valence-corrected chi connectivity index (χ3v) is 5.13. The second kappa shape index (κ2) is 12.1. The first-order valence-electron chi connectivity index (χ1n) is 11.7. The SMILES string of the molecule is CC(C)=CCC/C(C)=C/COc1c(OC(=O)c2ccccc2)c(=O)oc2cccc(OC(C)C)c12. The number of allylic oxidation sites excluding steroid dienone is 3. The summed E-state index contributed by atoms with van der Waals surface area (Å²) in [5.41, 5.74) is 2.21. The van der Waals surface area contributed by atoms with Crippen molar-refractivity contribution in [1.82, 2.24) is 0 Å². The number of carbonyl (C=O) groups is 1. The Morgan fingerprint density at radius 1 is 0.971 bits per heavy atom. The molecule has 0 N–H and O–H groups in total. The molecule has 0 amide bonds. The molecule has 0 saturated heterocycles. The first kappa shape index (κ1) is 25.8. The number of hydrogen-bond acceptors (Lipinski definition) is 6. The molecule has 0 atom stereocenters. The summed E-state index contributed by atoms with van der Waals surface area (Å²) in [4.78, 5) is 25.6. The Bertz CT molecular complexity index is 1280. The molecule has 6 nitrogen and oxygen atoms in total. The molecule has 35 heavy (non-hydrogen) atoms. The third kappa shape index (κ3) is 7.09. The predicted octanol–water partition coefficient (Wildman–Crippen LogP) is 6.87. The van der Waals surface area contributed by atoms with E-state index in [0.29, 0.717) is 16.7 Å². The van der Waals surface area contributed by atoms with Crippen LogP contribution in [0.4, 0.5) is 0 Å². The van der Waals surface area contributed by atoms with E-state index in [4.69, 9.17) is 18.6 Å². The molecule has 3 aromatic rings. The van der Waals surface area contributed by atoms with E-state index in [1.165, 1.54) is 5.57 Å². The van der Waals surface area contributed by atoms with Crippen molar-refractivity contribution < 1.29 is 23.4 Å². The van der Waals surface area contributed by atoms with Gasteiger partial charge in [0.25, 0.3) is 5.75 Å². The van der Waals surface area contributed by atoms with Gasteiger partial charge in [-0.3, -0.25) is 0 Å². The molecule has 0 unspecified atom stereocenters. The lowest BCUT2D eigenvalue weighted by Gasteiger charge is -2.16. The fraction of sp³-hybridized carbons (Fsp3) is 0.310. The van der Waals surface area contributed by atoms with Crippen LogP contribution in [0.3, 0.4) is 0 Å². The Kier molecular flexibility index (Phi) is 8.90. The number of benzene rings is 2. The van der Waals surface area contributed by atoms with Gasteiger partial charge in [-0.25, -0.2) is 9.59 Å². The van der Waals surface area contributed by atoms with Crippen molar-refractivity contribution in [2.45, 2.75) is 53.6 Å². The Balaban J connectivity index is 2.02. The number of carbonyl (C=O) groups excluding carboxylic acids is 1. The van der Waals surface area contributed by atoms with Crippen molar-refractivity contribution in [3.05, 3.63) is 87.8 Å². The van der Waals surface area contributed by atoms with Gasteiger partial charge in [0.15, 0.2) is 5.75 Å². The molecule has 0 saturated carbocycles. The Morgan fingerprint density at radius 2 is 1.71 bits per heavy atom. The first-order chi connectivity index (χ1) is 16.8. The molecule has 0 fully saturated rings. The molecule has 0 bridgehead atoms. The van der Waals surface area contributed by atoms with Crippen molar-refractivity contribution >= 4 is 16.9 Å². The van der Waals surface area contributed by atoms with E-state index >= 15 is 0 Å². The van der Waals surface area contributed by atoms with E-state index in [-0.39, 0.29) is 29.8 Å². The maximum atomic E-state index is 12.9. The zero-order valence-corrected chi connectivity index (χ0v) is 20.9. The van der Waals surface area contributed by atoms with E-state index in [9.17, 15) is 9.59 Å². The second-order valence-electron chi connectivity index (χ2n) is 8.78. The third-order valence-electron chi connectivity index (χ3n) is 5.13. The topological polar surface area (TPSA) is 75.0 Å². The summed E-state index contributed by atoms with van der Waals surface area (Å²) in [6.45, 7) is 10.2. The maximum absolute atomic E-state index is 12.9. The van der Waals surface area contributed by atoms with E-state index in [0.717, 1.165) is 18.4 Å². The summed E-state index contributed by atoms with van der Waals surface area (Å²) in [6, 6.07) is 13.6. The summed E-state index contributed by atoms with van der Waals surface area (Å²) in [5.74, 6) is -0.401. The molecule has 1 aromatic heterocycles. The van der Waals surface area contributed by atoms with Crippen LogP contribution in [0.15, 0.2) is 81.0 Å². The van der Waals surface area contributed by atoms with Crippen LogP contribution in [0.2, 0.25) is 0 Å². The fourth-order valence-corrected chi connectivity index (χ4v) is 3.43. The summed E-state index contributed by atoms with van der Waals surface area (Å²) in [5, 5.41) is 0.437. The van der Waals surface area contributed by atoms with Gasteiger partial charge < -0.3 is 18.6 Å². The molecule has 0 aliphatic heterocycles. The molecule has 2 aromatic carbocycles. The van der Waals surface area contributed by atoms with Crippen molar-refractivity contribution in [2.24, 2.45) is 0 Å². The molecular formula is C29H32O6. The van der Waals surface area contributed by atoms with Crippen LogP contribution >= 0.6 is 0 Å². The molecule has 3 rings (SSSR count). The smallest absolute Gasteiger partial charge is 0.383 e. The maximum Gasteiger partial charge on any atom is 0.383 e. The first-order valence-corrected chi connectivity index (χ1v) is 11.7. The molecule has 0 aliphatic rings. The molecule has 0 radical (unpaired) electrons. The van der Waals surface area contributed by atoms with Gasteiger partial charge in [0.1, 0.15) is 23.3 Å². The molecular weight excluding hydrogens is 444 g/mol. The summed E-state index contributed by atoms with van der Waals surface area (Å²) >= 11 is 0. The van der Waals surface area contributed by atoms with Gasteiger partial charge in [0.2, 0.25) is 0 Å². The van der Waals surface area contributed by atoms with Crippen LogP contribution in [-0.2, 0) is 0 Å². The Hall–Kier alpha value is -3.80. The molecule has 0 spiro atoms. The van der Waals surface area contributed by atoms with Crippen LogP contribution in [-0.4, -0.2) is 18.7 Å². The highest BCUT2D eigenvalue weighted by Crippen LogP contribution is 2.39. The van der Waals surface area contributed by atoms with Gasteiger partial charge in [-0.05, 0) is 77.8 Å². The van der Waals surface area contributed by atoms with Crippen molar-refractivity contribution in [3.8, 4) is 17.2 Å². The van der Waals surface area contributed by atoms with Crippen molar-refractivity contribution in [3.63, 3.8) is 0 Å². The standard InChI is InChI=1S/C29H32O6/c1-19(2)11-9-12-21(5)17-18-32-26-25-23(33-20(3)4)15-10-16-24(25)34-29(31)27(26)35-28(30)22-13-7-6-8-14-22/h6-8,10-11,13-17,20H,9,12,18H2,1-5H3/b21-17+. The highest BCUT2D eigenvalue weighted by molar-refractivity contribution is 5.95. The predicted molar refractivity (Wildman–Crippen MR) is 138 cm³/mol. The van der Waals surface area contributed by atoms with Crippen LogP contribution in [0.25, 0.3) is 11.0 Å². The van der Waals surface area contributed by atoms with Crippen LogP contribution < -0.4 is 19.8 Å². The van der Waals surface area contributed by atoms with Crippen molar-refractivity contribution in [2.75, 3.05) is 6.61 Å². The van der Waals surface area contributed by atoms with Crippen molar-refractivity contribution in [1.29, 1.82) is 0 Å². The van der Waals surface area contributed by atoms with E-state index < -0.39 is 11.6 Å². The molecule has 6 heteroatoms. The number of ether oxygens (including phenoxy) is 3. The van der Waals surface area contributed by atoms with Gasteiger partial charge >= 0.3 is 11.6 Å². The van der Waals surface area contributed by atoms with Gasteiger partial charge in [-0.15, -0.1) is 0 Å². The van der Waals surface area contributed by atoms with E-state index in [1.54, 1.807) is 48.5 Å². The monoisotopic (exact) mass is 476 g/mol. The van der Waals surface area contributed by atoms with Gasteiger partial charge in [-0.2, -0.15) is 0 Å². The molecule has 1 heterocycles. The molecule has 0 aliphatic carbocycles. The lowest BCUT2D eigenvalue weighted by Crippen LogP contribution is -2.16. The van der Waals surface area contributed by atoms with Crippen LogP contribution in [0.5, 0.6) is 17.2 Å². The average molecular weight is 477 g/mol. The average Bonchev–Trinajstić information content (AvgIpc) is 2.80. The highest BCUT2D eigenvalue weighted by Gasteiger charge is 2.24. The number of esters is 1. The Morgan fingerprint density at radius 3 is 2.40 bits per heavy atom. The Labute approximate surface area is 205 Å². The fourth-order valence-electron chi connectivity index (χ4n) is 3.43. The normalized spacial score (nSPS) is 11.4. The largest absolute Gasteiger partial charge is 0.490 e.